The Morgan fingerprint density at radius 3 is 2.29 bits per heavy atom. The van der Waals surface area contributed by atoms with Crippen molar-refractivity contribution in [1.82, 2.24) is 0 Å². The Balaban J connectivity index is 2.06. The van der Waals surface area contributed by atoms with E-state index in [0.29, 0.717) is 0 Å². The number of hydrogen-bond donors (Lipinski definition) is 2. The third-order valence-electron chi connectivity index (χ3n) is 2.61. The lowest BCUT2D eigenvalue weighted by atomic mass is 10.2. The summed E-state index contributed by atoms with van der Waals surface area (Å²) in [5.41, 5.74) is 5.56. The number of phenolic OH excluding ortho intramolecular Hbond substituents is 1. The number of phenols is 1. The van der Waals surface area contributed by atoms with E-state index in [9.17, 15) is 0 Å². The van der Waals surface area contributed by atoms with Crippen LogP contribution in [0.3, 0.4) is 0 Å². The van der Waals surface area contributed by atoms with Crippen molar-refractivity contribution in [3.05, 3.63) is 24.3 Å². The van der Waals surface area contributed by atoms with Gasteiger partial charge in [0.1, 0.15) is 11.5 Å². The third kappa shape index (κ3) is 1.99. The predicted octanol–water partition coefficient (Wildman–Crippen LogP) is 2.00. The van der Waals surface area contributed by atoms with Gasteiger partial charge in [-0.25, -0.2) is 0 Å². The van der Waals surface area contributed by atoms with E-state index < -0.39 is 5.72 Å². The minimum absolute atomic E-state index is 0.245. The van der Waals surface area contributed by atoms with Crippen molar-refractivity contribution in [2.75, 3.05) is 0 Å². The Morgan fingerprint density at radius 1 is 1.14 bits per heavy atom. The SMILES string of the molecule is NC1(Oc2ccc(O)cc2)CCCC1. The maximum Gasteiger partial charge on any atom is 0.158 e. The molecule has 3 nitrogen and oxygen atoms in total. The first-order valence-corrected chi connectivity index (χ1v) is 4.95. The molecule has 1 fully saturated rings. The summed E-state index contributed by atoms with van der Waals surface area (Å²) in [7, 11) is 0. The Bertz CT molecular complexity index is 302. The van der Waals surface area contributed by atoms with Crippen molar-refractivity contribution in [3.8, 4) is 11.5 Å². The lowest BCUT2D eigenvalue weighted by Crippen LogP contribution is -2.42. The molecule has 14 heavy (non-hydrogen) atoms. The van der Waals surface area contributed by atoms with Gasteiger partial charge in [0.05, 0.1) is 0 Å². The van der Waals surface area contributed by atoms with Crippen LogP contribution in [0.5, 0.6) is 11.5 Å². The fourth-order valence-corrected chi connectivity index (χ4v) is 1.82. The highest BCUT2D eigenvalue weighted by Crippen LogP contribution is 2.30. The molecule has 76 valence electrons. The fraction of sp³-hybridized carbons (Fsp3) is 0.455. The van der Waals surface area contributed by atoms with Gasteiger partial charge in [0.15, 0.2) is 5.72 Å². The highest BCUT2D eigenvalue weighted by atomic mass is 16.5. The van der Waals surface area contributed by atoms with Crippen LogP contribution in [0.15, 0.2) is 24.3 Å². The summed E-state index contributed by atoms with van der Waals surface area (Å²) in [6, 6.07) is 6.69. The summed E-state index contributed by atoms with van der Waals surface area (Å²) < 4.78 is 5.68. The molecule has 1 aliphatic rings. The highest BCUT2D eigenvalue weighted by molar-refractivity contribution is 5.30. The summed E-state index contributed by atoms with van der Waals surface area (Å²) in [6.07, 6.45) is 4.09. The van der Waals surface area contributed by atoms with Crippen LogP contribution in [-0.4, -0.2) is 10.8 Å². The average molecular weight is 193 g/mol. The van der Waals surface area contributed by atoms with Crippen LogP contribution in [0.25, 0.3) is 0 Å². The molecule has 0 amide bonds. The lowest BCUT2D eigenvalue weighted by Gasteiger charge is -2.25. The molecule has 1 aromatic carbocycles. The van der Waals surface area contributed by atoms with Gasteiger partial charge < -0.3 is 9.84 Å². The average Bonchev–Trinajstić information content (AvgIpc) is 2.57. The van der Waals surface area contributed by atoms with E-state index in [0.717, 1.165) is 31.4 Å². The molecular formula is C11H15NO2. The summed E-state index contributed by atoms with van der Waals surface area (Å²) in [5.74, 6) is 0.974. The second-order valence-corrected chi connectivity index (χ2v) is 3.87. The largest absolute Gasteiger partial charge is 0.508 e. The van der Waals surface area contributed by atoms with Gasteiger partial charge in [-0.15, -0.1) is 0 Å². The van der Waals surface area contributed by atoms with Gasteiger partial charge in [-0.1, -0.05) is 0 Å². The molecule has 0 aliphatic heterocycles. The van der Waals surface area contributed by atoms with Crippen LogP contribution >= 0.6 is 0 Å². The van der Waals surface area contributed by atoms with Gasteiger partial charge in [-0.3, -0.25) is 5.73 Å². The number of ether oxygens (including phenoxy) is 1. The summed E-state index contributed by atoms with van der Waals surface area (Å²) in [5, 5.41) is 9.09. The van der Waals surface area contributed by atoms with E-state index in [1.54, 1.807) is 24.3 Å². The molecule has 3 N–H and O–H groups in total. The van der Waals surface area contributed by atoms with Crippen LogP contribution < -0.4 is 10.5 Å². The highest BCUT2D eigenvalue weighted by Gasteiger charge is 2.31. The lowest BCUT2D eigenvalue weighted by molar-refractivity contribution is 0.0834. The molecule has 1 aromatic rings. The Labute approximate surface area is 83.5 Å². The maximum absolute atomic E-state index is 9.09. The Morgan fingerprint density at radius 2 is 1.71 bits per heavy atom. The number of nitrogens with two attached hydrogens (primary N) is 1. The van der Waals surface area contributed by atoms with E-state index in [1.807, 2.05) is 0 Å². The first-order chi connectivity index (χ1) is 6.68. The summed E-state index contributed by atoms with van der Waals surface area (Å²) in [4.78, 5) is 0. The van der Waals surface area contributed by atoms with Crippen LogP contribution in [0.2, 0.25) is 0 Å². The second kappa shape index (κ2) is 3.50. The summed E-state index contributed by atoms with van der Waals surface area (Å²) in [6.45, 7) is 0. The molecule has 0 unspecified atom stereocenters. The standard InChI is InChI=1S/C11H15NO2/c12-11(7-1-2-8-11)14-10-5-3-9(13)4-6-10/h3-6,13H,1-2,7-8,12H2. The molecule has 3 heteroatoms. The van der Waals surface area contributed by atoms with Crippen molar-refractivity contribution in [3.63, 3.8) is 0 Å². The zero-order valence-electron chi connectivity index (χ0n) is 8.07. The van der Waals surface area contributed by atoms with Gasteiger partial charge in [0.25, 0.3) is 0 Å². The zero-order valence-corrected chi connectivity index (χ0v) is 8.07. The van der Waals surface area contributed by atoms with Gasteiger partial charge in [0.2, 0.25) is 0 Å². The smallest absolute Gasteiger partial charge is 0.158 e. The van der Waals surface area contributed by atoms with E-state index >= 15 is 0 Å². The van der Waals surface area contributed by atoms with Crippen LogP contribution in [0.1, 0.15) is 25.7 Å². The van der Waals surface area contributed by atoms with Crippen molar-refractivity contribution in [1.29, 1.82) is 0 Å². The monoisotopic (exact) mass is 193 g/mol. The normalized spacial score (nSPS) is 19.5. The first-order valence-electron chi connectivity index (χ1n) is 4.95. The van der Waals surface area contributed by atoms with Gasteiger partial charge >= 0.3 is 0 Å². The van der Waals surface area contributed by atoms with Gasteiger partial charge in [0, 0.05) is 12.8 Å². The minimum atomic E-state index is -0.489. The van der Waals surface area contributed by atoms with Crippen molar-refractivity contribution < 1.29 is 9.84 Å². The molecule has 0 spiro atoms. The van der Waals surface area contributed by atoms with Crippen molar-refractivity contribution in [2.24, 2.45) is 5.73 Å². The minimum Gasteiger partial charge on any atom is -0.508 e. The zero-order chi connectivity index (χ0) is 10.0. The van der Waals surface area contributed by atoms with Gasteiger partial charge in [-0.2, -0.15) is 0 Å². The first kappa shape index (κ1) is 9.34. The molecule has 1 aliphatic carbocycles. The van der Waals surface area contributed by atoms with Gasteiger partial charge in [-0.05, 0) is 37.1 Å². The molecule has 2 rings (SSSR count). The Hall–Kier alpha value is -1.22. The molecule has 0 aromatic heterocycles. The van der Waals surface area contributed by atoms with E-state index in [-0.39, 0.29) is 5.75 Å². The topological polar surface area (TPSA) is 55.5 Å². The molecule has 1 saturated carbocycles. The molecule has 0 saturated heterocycles. The molecule has 0 bridgehead atoms. The number of benzene rings is 1. The molecule has 0 heterocycles. The molecule has 0 atom stereocenters. The van der Waals surface area contributed by atoms with Crippen molar-refractivity contribution in [2.45, 2.75) is 31.4 Å². The van der Waals surface area contributed by atoms with Crippen LogP contribution in [-0.2, 0) is 0 Å². The number of aromatic hydroxyl groups is 1. The summed E-state index contributed by atoms with van der Waals surface area (Å²) >= 11 is 0. The van der Waals surface area contributed by atoms with Crippen LogP contribution in [0.4, 0.5) is 0 Å². The van der Waals surface area contributed by atoms with Crippen LogP contribution in [0, 0.1) is 0 Å². The Kier molecular flexibility index (Phi) is 2.33. The molecule has 0 radical (unpaired) electrons. The maximum atomic E-state index is 9.09. The van der Waals surface area contributed by atoms with E-state index in [1.165, 1.54) is 0 Å². The predicted molar refractivity (Wildman–Crippen MR) is 54.1 cm³/mol. The second-order valence-electron chi connectivity index (χ2n) is 3.87. The fourth-order valence-electron chi connectivity index (χ4n) is 1.82. The van der Waals surface area contributed by atoms with Crippen molar-refractivity contribution >= 4 is 0 Å². The number of rotatable bonds is 2. The number of hydrogen-bond acceptors (Lipinski definition) is 3. The van der Waals surface area contributed by atoms with E-state index in [4.69, 9.17) is 15.6 Å². The third-order valence-corrected chi connectivity index (χ3v) is 2.61. The molecular weight excluding hydrogens is 178 g/mol. The van der Waals surface area contributed by atoms with E-state index in [2.05, 4.69) is 0 Å². The quantitative estimate of drug-likeness (QED) is 0.706.